The van der Waals surface area contributed by atoms with Gasteiger partial charge in [0.1, 0.15) is 0 Å². The Hall–Kier alpha value is -2.59. The van der Waals surface area contributed by atoms with Crippen LogP contribution in [0.2, 0.25) is 5.02 Å². The van der Waals surface area contributed by atoms with E-state index >= 15 is 0 Å². The molecule has 0 aliphatic rings. The minimum Gasteiger partial charge on any atom is -0.464 e. The summed E-state index contributed by atoms with van der Waals surface area (Å²) < 4.78 is 4.79. The zero-order valence-electron chi connectivity index (χ0n) is 13.5. The van der Waals surface area contributed by atoms with E-state index in [-0.39, 0.29) is 5.69 Å². The molecule has 1 aromatic heterocycles. The Morgan fingerprint density at radius 2 is 1.92 bits per heavy atom. The lowest BCUT2D eigenvalue weighted by molar-refractivity contribution is 0.0594. The highest BCUT2D eigenvalue weighted by Crippen LogP contribution is 2.29. The van der Waals surface area contributed by atoms with Crippen LogP contribution >= 0.6 is 11.6 Å². The largest absolute Gasteiger partial charge is 0.464 e. The van der Waals surface area contributed by atoms with Crippen molar-refractivity contribution in [2.45, 2.75) is 13.3 Å². The van der Waals surface area contributed by atoms with E-state index in [4.69, 9.17) is 16.3 Å². The molecule has 0 atom stereocenters. The van der Waals surface area contributed by atoms with Crippen molar-refractivity contribution in [1.82, 2.24) is 4.98 Å². The summed E-state index contributed by atoms with van der Waals surface area (Å²) >= 11 is 6.12. The molecule has 2 aromatic carbocycles. The van der Waals surface area contributed by atoms with E-state index < -0.39 is 5.97 Å². The fourth-order valence-corrected chi connectivity index (χ4v) is 2.66. The third kappa shape index (κ3) is 3.34. The summed E-state index contributed by atoms with van der Waals surface area (Å²) in [6, 6.07) is 15.2. The van der Waals surface area contributed by atoms with Crippen molar-refractivity contribution in [3.8, 4) is 0 Å². The molecule has 0 saturated heterocycles. The van der Waals surface area contributed by atoms with Crippen molar-refractivity contribution in [3.63, 3.8) is 0 Å². The predicted molar refractivity (Wildman–Crippen MR) is 97.2 cm³/mol. The number of nitrogens with one attached hydrogen (secondary N) is 1. The molecule has 122 valence electrons. The van der Waals surface area contributed by atoms with Gasteiger partial charge < -0.3 is 10.1 Å². The van der Waals surface area contributed by atoms with Crippen molar-refractivity contribution >= 4 is 39.8 Å². The van der Waals surface area contributed by atoms with E-state index in [1.165, 1.54) is 12.7 Å². The van der Waals surface area contributed by atoms with Gasteiger partial charge in [0.15, 0.2) is 5.69 Å². The Morgan fingerprint density at radius 3 is 2.58 bits per heavy atom. The second-order valence-corrected chi connectivity index (χ2v) is 5.82. The zero-order valence-corrected chi connectivity index (χ0v) is 14.2. The minimum absolute atomic E-state index is 0.250. The average molecular weight is 341 g/mol. The Kier molecular flexibility index (Phi) is 4.67. The number of benzene rings is 2. The molecule has 3 rings (SSSR count). The third-order valence-corrected chi connectivity index (χ3v) is 4.04. The SMILES string of the molecule is CCc1ccc(Nc2cc(C(=O)OC)nc3ccc(Cl)cc23)cc1. The van der Waals surface area contributed by atoms with E-state index in [0.717, 1.165) is 23.2 Å². The maximum Gasteiger partial charge on any atom is 0.356 e. The number of esters is 1. The van der Waals surface area contributed by atoms with Crippen molar-refractivity contribution < 1.29 is 9.53 Å². The molecule has 0 fully saturated rings. The molecule has 0 unspecified atom stereocenters. The minimum atomic E-state index is -0.476. The molecule has 3 aromatic rings. The van der Waals surface area contributed by atoms with Crippen LogP contribution in [0.25, 0.3) is 10.9 Å². The number of aryl methyl sites for hydroxylation is 1. The van der Waals surface area contributed by atoms with Crippen molar-refractivity contribution in [3.05, 3.63) is 64.8 Å². The molecule has 0 aliphatic heterocycles. The first-order valence-corrected chi connectivity index (χ1v) is 8.03. The van der Waals surface area contributed by atoms with E-state index in [1.54, 1.807) is 18.2 Å². The highest BCUT2D eigenvalue weighted by molar-refractivity contribution is 6.31. The normalized spacial score (nSPS) is 10.6. The molecule has 1 heterocycles. The van der Waals surface area contributed by atoms with Crippen molar-refractivity contribution in [2.24, 2.45) is 0 Å². The number of pyridine rings is 1. The van der Waals surface area contributed by atoms with E-state index in [9.17, 15) is 4.79 Å². The summed E-state index contributed by atoms with van der Waals surface area (Å²) in [5, 5.41) is 4.79. The molecule has 1 N–H and O–H groups in total. The number of rotatable bonds is 4. The van der Waals surface area contributed by atoms with Crippen LogP contribution in [0.4, 0.5) is 11.4 Å². The molecular formula is C19H17ClN2O2. The summed E-state index contributed by atoms with van der Waals surface area (Å²) in [5.41, 5.74) is 3.87. The molecule has 0 bridgehead atoms. The summed E-state index contributed by atoms with van der Waals surface area (Å²) in [6.45, 7) is 2.11. The molecule has 0 radical (unpaired) electrons. The number of carbonyl (C=O) groups is 1. The summed E-state index contributed by atoms with van der Waals surface area (Å²) in [6.07, 6.45) is 0.987. The number of fused-ring (bicyclic) bond motifs is 1. The lowest BCUT2D eigenvalue weighted by Gasteiger charge is -2.12. The maximum absolute atomic E-state index is 11.9. The highest BCUT2D eigenvalue weighted by atomic mass is 35.5. The topological polar surface area (TPSA) is 51.2 Å². The average Bonchev–Trinajstić information content (AvgIpc) is 2.61. The molecule has 0 aliphatic carbocycles. The number of nitrogens with zero attached hydrogens (tertiary/aromatic N) is 1. The second kappa shape index (κ2) is 6.89. The van der Waals surface area contributed by atoms with Gasteiger partial charge in [-0.2, -0.15) is 0 Å². The van der Waals surface area contributed by atoms with Gasteiger partial charge >= 0.3 is 5.97 Å². The molecular weight excluding hydrogens is 324 g/mol. The van der Waals surface area contributed by atoms with Crippen LogP contribution in [0.3, 0.4) is 0 Å². The van der Waals surface area contributed by atoms with Crippen molar-refractivity contribution in [1.29, 1.82) is 0 Å². The number of anilines is 2. The fourth-order valence-electron chi connectivity index (χ4n) is 2.49. The Labute approximate surface area is 145 Å². The predicted octanol–water partition coefficient (Wildman–Crippen LogP) is 4.98. The van der Waals surface area contributed by atoms with Crippen LogP contribution in [0, 0.1) is 0 Å². The fraction of sp³-hybridized carbons (Fsp3) is 0.158. The molecule has 24 heavy (non-hydrogen) atoms. The van der Waals surface area contributed by atoms with Gasteiger partial charge in [0.05, 0.1) is 18.3 Å². The van der Waals surface area contributed by atoms with E-state index in [1.807, 2.05) is 18.2 Å². The first-order valence-electron chi connectivity index (χ1n) is 7.65. The highest BCUT2D eigenvalue weighted by Gasteiger charge is 2.13. The van der Waals surface area contributed by atoms with Crippen LogP contribution in [0.5, 0.6) is 0 Å². The molecule has 0 spiro atoms. The monoisotopic (exact) mass is 340 g/mol. The van der Waals surface area contributed by atoms with E-state index in [0.29, 0.717) is 10.5 Å². The number of hydrogen-bond acceptors (Lipinski definition) is 4. The number of carbonyl (C=O) groups excluding carboxylic acids is 1. The lowest BCUT2D eigenvalue weighted by atomic mass is 10.1. The number of hydrogen-bond donors (Lipinski definition) is 1. The van der Waals surface area contributed by atoms with Gasteiger partial charge in [-0.3, -0.25) is 0 Å². The summed E-state index contributed by atoms with van der Waals surface area (Å²) in [7, 11) is 1.34. The van der Waals surface area contributed by atoms with Gasteiger partial charge in [0, 0.05) is 16.1 Å². The number of aromatic nitrogens is 1. The number of ether oxygens (including phenoxy) is 1. The van der Waals surface area contributed by atoms with Crippen LogP contribution in [-0.2, 0) is 11.2 Å². The summed E-state index contributed by atoms with van der Waals surface area (Å²) in [5.74, 6) is -0.476. The molecule has 5 heteroatoms. The second-order valence-electron chi connectivity index (χ2n) is 5.38. The Balaban J connectivity index is 2.08. The van der Waals surface area contributed by atoms with E-state index in [2.05, 4.69) is 29.4 Å². The quantitative estimate of drug-likeness (QED) is 0.680. The molecule has 4 nitrogen and oxygen atoms in total. The van der Waals surface area contributed by atoms with Gasteiger partial charge in [-0.1, -0.05) is 30.7 Å². The number of halogens is 1. The van der Waals surface area contributed by atoms with Gasteiger partial charge in [-0.25, -0.2) is 9.78 Å². The van der Waals surface area contributed by atoms with Gasteiger partial charge in [-0.15, -0.1) is 0 Å². The first kappa shape index (κ1) is 16.3. The Bertz CT molecular complexity index is 892. The van der Waals surface area contributed by atoms with Gasteiger partial charge in [0.25, 0.3) is 0 Å². The van der Waals surface area contributed by atoms with Crippen LogP contribution in [0.1, 0.15) is 23.0 Å². The lowest BCUT2D eigenvalue weighted by Crippen LogP contribution is -2.06. The van der Waals surface area contributed by atoms with Crippen LogP contribution < -0.4 is 5.32 Å². The van der Waals surface area contributed by atoms with Gasteiger partial charge in [-0.05, 0) is 48.4 Å². The smallest absolute Gasteiger partial charge is 0.356 e. The molecule has 0 saturated carbocycles. The number of methoxy groups -OCH3 is 1. The maximum atomic E-state index is 11.9. The van der Waals surface area contributed by atoms with Crippen LogP contribution in [-0.4, -0.2) is 18.1 Å². The first-order chi connectivity index (χ1) is 11.6. The Morgan fingerprint density at radius 1 is 1.17 bits per heavy atom. The standard InChI is InChI=1S/C19H17ClN2O2/c1-3-12-4-7-14(8-5-12)21-17-11-18(19(23)24-2)22-16-9-6-13(20)10-15(16)17/h4-11H,3H2,1-2H3,(H,21,22). The third-order valence-electron chi connectivity index (χ3n) is 3.81. The summed E-state index contributed by atoms with van der Waals surface area (Å²) in [4.78, 5) is 16.2. The van der Waals surface area contributed by atoms with Crippen molar-refractivity contribution in [2.75, 3.05) is 12.4 Å². The molecule has 0 amide bonds. The zero-order chi connectivity index (χ0) is 17.1. The van der Waals surface area contributed by atoms with Crippen LogP contribution in [0.15, 0.2) is 48.5 Å². The van der Waals surface area contributed by atoms with Gasteiger partial charge in [0.2, 0.25) is 0 Å².